The van der Waals surface area contributed by atoms with E-state index in [0.717, 1.165) is 32.2 Å². The van der Waals surface area contributed by atoms with Crippen molar-refractivity contribution in [3.63, 3.8) is 0 Å². The molecule has 0 aromatic carbocycles. The summed E-state index contributed by atoms with van der Waals surface area (Å²) >= 11 is 0. The molecule has 0 saturated heterocycles. The molecule has 1 N–H and O–H groups in total. The zero-order valence-electron chi connectivity index (χ0n) is 34.6. The second-order valence-corrected chi connectivity index (χ2v) is 15.0. The summed E-state index contributed by atoms with van der Waals surface area (Å²) in [5.41, 5.74) is 0. The smallest absolute Gasteiger partial charge is 0.407 e. The van der Waals surface area contributed by atoms with Crippen LogP contribution in [-0.2, 0) is 19.1 Å². The average molecular weight is 727 g/mol. The highest BCUT2D eigenvalue weighted by molar-refractivity contribution is 5.72. The van der Waals surface area contributed by atoms with Crippen LogP contribution in [0.15, 0.2) is 0 Å². The summed E-state index contributed by atoms with van der Waals surface area (Å²) in [6.07, 6.45) is 37.3. The topological polar surface area (TPSA) is 96.4 Å². The van der Waals surface area contributed by atoms with E-state index in [1.807, 2.05) is 19.0 Å². The third-order valence-electron chi connectivity index (χ3n) is 9.49. The van der Waals surface area contributed by atoms with Gasteiger partial charge in [-0.15, -0.1) is 0 Å². The Balaban J connectivity index is 0. The van der Waals surface area contributed by atoms with Gasteiger partial charge in [-0.05, 0) is 33.4 Å². The van der Waals surface area contributed by atoms with E-state index in [0.29, 0.717) is 39.0 Å². The monoisotopic (exact) mass is 727 g/mol. The molecule has 0 aromatic rings. The van der Waals surface area contributed by atoms with Crippen molar-refractivity contribution in [3.05, 3.63) is 0 Å². The normalized spacial score (nSPS) is 10.9. The van der Waals surface area contributed by atoms with E-state index in [4.69, 9.17) is 14.6 Å². The zero-order valence-corrected chi connectivity index (χ0v) is 34.6. The molecule has 0 saturated carbocycles. The molecule has 0 aliphatic carbocycles. The van der Waals surface area contributed by atoms with E-state index < -0.39 is 6.09 Å². The van der Waals surface area contributed by atoms with Crippen molar-refractivity contribution in [2.75, 3.05) is 47.4 Å². The van der Waals surface area contributed by atoms with Gasteiger partial charge in [0.1, 0.15) is 0 Å². The van der Waals surface area contributed by atoms with Crippen LogP contribution < -0.4 is 0 Å². The second-order valence-electron chi connectivity index (χ2n) is 15.0. The quantitative estimate of drug-likeness (QED) is 0.0503. The molecule has 0 aliphatic heterocycles. The minimum atomic E-state index is -0.873. The van der Waals surface area contributed by atoms with Gasteiger partial charge in [0.05, 0.1) is 13.2 Å². The molecular weight excluding hydrogens is 640 g/mol. The minimum Gasteiger partial charge on any atom is -0.466 e. The van der Waals surface area contributed by atoms with Crippen molar-refractivity contribution in [1.82, 2.24) is 9.80 Å². The zero-order chi connectivity index (χ0) is 38.0. The Morgan fingerprint density at radius 3 is 0.941 bits per heavy atom. The Labute approximate surface area is 316 Å². The van der Waals surface area contributed by atoms with Crippen molar-refractivity contribution in [1.29, 1.82) is 0 Å². The van der Waals surface area contributed by atoms with Crippen LogP contribution in [0.4, 0.5) is 4.79 Å². The summed E-state index contributed by atoms with van der Waals surface area (Å²) < 4.78 is 10.7. The highest BCUT2D eigenvalue weighted by Gasteiger charge is 2.08. The number of hydrogen-bond donors (Lipinski definition) is 1. The number of unbranched alkanes of at least 4 members (excludes halogenated alkanes) is 26. The lowest BCUT2D eigenvalue weighted by atomic mass is 10.0. The van der Waals surface area contributed by atoms with Gasteiger partial charge in [0.2, 0.25) is 0 Å². The lowest BCUT2D eigenvalue weighted by Gasteiger charge is -2.15. The Bertz CT molecular complexity index is 702. The van der Waals surface area contributed by atoms with Crippen molar-refractivity contribution in [2.45, 2.75) is 213 Å². The Morgan fingerprint density at radius 1 is 0.412 bits per heavy atom. The molecule has 8 heteroatoms. The molecule has 0 aromatic heterocycles. The van der Waals surface area contributed by atoms with E-state index in [1.54, 1.807) is 7.05 Å². The Morgan fingerprint density at radius 2 is 0.686 bits per heavy atom. The van der Waals surface area contributed by atoms with E-state index in [-0.39, 0.29) is 11.9 Å². The first kappa shape index (κ1) is 51.3. The number of carbonyl (C=O) groups is 3. The molecule has 0 radical (unpaired) electrons. The van der Waals surface area contributed by atoms with Crippen LogP contribution in [0.25, 0.3) is 0 Å². The van der Waals surface area contributed by atoms with E-state index >= 15 is 0 Å². The lowest BCUT2D eigenvalue weighted by Crippen LogP contribution is -2.32. The fraction of sp³-hybridized carbons (Fsp3) is 0.930. The van der Waals surface area contributed by atoms with Gasteiger partial charge < -0.3 is 24.4 Å². The molecule has 1 amide bonds. The van der Waals surface area contributed by atoms with Gasteiger partial charge in [0.25, 0.3) is 0 Å². The van der Waals surface area contributed by atoms with Gasteiger partial charge in [-0.3, -0.25) is 9.59 Å². The fourth-order valence-electron chi connectivity index (χ4n) is 5.93. The van der Waals surface area contributed by atoms with Crippen LogP contribution in [0, 0.1) is 0 Å². The fourth-order valence-corrected chi connectivity index (χ4v) is 5.93. The molecule has 0 aliphatic rings. The van der Waals surface area contributed by atoms with E-state index in [1.165, 1.54) is 159 Å². The van der Waals surface area contributed by atoms with Crippen molar-refractivity contribution in [3.8, 4) is 0 Å². The van der Waals surface area contributed by atoms with Crippen molar-refractivity contribution < 1.29 is 29.0 Å². The maximum atomic E-state index is 11.9. The maximum Gasteiger partial charge on any atom is 0.407 e. The third-order valence-corrected chi connectivity index (χ3v) is 9.49. The van der Waals surface area contributed by atoms with Crippen molar-refractivity contribution in [2.24, 2.45) is 0 Å². The van der Waals surface area contributed by atoms with Gasteiger partial charge in [-0.1, -0.05) is 181 Å². The largest absolute Gasteiger partial charge is 0.466 e. The third kappa shape index (κ3) is 46.1. The number of rotatable bonds is 37. The number of carboxylic acid groups (broad SMARTS) is 1. The van der Waals surface area contributed by atoms with Gasteiger partial charge >= 0.3 is 18.0 Å². The predicted molar refractivity (Wildman–Crippen MR) is 216 cm³/mol. The number of likely N-dealkylation sites (N-methyl/N-ethyl adjacent to an activating group) is 2. The van der Waals surface area contributed by atoms with Crippen molar-refractivity contribution >= 4 is 18.0 Å². The van der Waals surface area contributed by atoms with Crippen LogP contribution in [0.2, 0.25) is 0 Å². The van der Waals surface area contributed by atoms with Gasteiger partial charge in [0.15, 0.2) is 0 Å². The summed E-state index contributed by atoms with van der Waals surface area (Å²) in [6, 6.07) is 0. The maximum absolute atomic E-state index is 11.9. The Hall–Kier alpha value is -1.83. The molecule has 0 spiro atoms. The second kappa shape index (κ2) is 42.6. The predicted octanol–water partition coefficient (Wildman–Crippen LogP) is 12.4. The average Bonchev–Trinajstić information content (AvgIpc) is 3.10. The number of hydrogen-bond acceptors (Lipinski definition) is 6. The molecule has 0 atom stereocenters. The minimum absolute atomic E-state index is 0.181. The summed E-state index contributed by atoms with van der Waals surface area (Å²) in [7, 11) is 5.39. The van der Waals surface area contributed by atoms with Crippen LogP contribution in [0.3, 0.4) is 0 Å². The first-order valence-corrected chi connectivity index (χ1v) is 21.6. The molecule has 0 bridgehead atoms. The first-order chi connectivity index (χ1) is 24.7. The molecule has 304 valence electrons. The number of amides is 1. The number of carbonyl (C=O) groups excluding carboxylic acids is 2. The molecule has 0 rings (SSSR count). The number of esters is 2. The highest BCUT2D eigenvalue weighted by Crippen LogP contribution is 2.14. The molecule has 0 fully saturated rings. The molecule has 51 heavy (non-hydrogen) atoms. The van der Waals surface area contributed by atoms with E-state index in [9.17, 15) is 14.4 Å². The highest BCUT2D eigenvalue weighted by atomic mass is 16.5. The van der Waals surface area contributed by atoms with Gasteiger partial charge in [0, 0.05) is 33.0 Å². The van der Waals surface area contributed by atoms with E-state index in [2.05, 4.69) is 13.8 Å². The first-order valence-electron chi connectivity index (χ1n) is 21.6. The van der Waals surface area contributed by atoms with Crippen LogP contribution in [-0.4, -0.2) is 80.4 Å². The number of nitrogens with zero attached hydrogens (tertiary/aromatic N) is 2. The SMILES string of the molecule is CCCCCCCCCCCCCCCCOC(=O)CCCC(=O)OCCCCCCCCCCCCCCCC.CN(C)CCN(C)C(=O)O. The van der Waals surface area contributed by atoms with Crippen LogP contribution >= 0.6 is 0 Å². The van der Waals surface area contributed by atoms with Crippen LogP contribution in [0.5, 0.6) is 0 Å². The summed E-state index contributed by atoms with van der Waals surface area (Å²) in [4.78, 5) is 37.2. The molecule has 0 unspecified atom stereocenters. The molecule has 8 nitrogen and oxygen atoms in total. The molecular formula is C43H86N2O6. The molecule has 0 heterocycles. The van der Waals surface area contributed by atoms with Gasteiger partial charge in [-0.2, -0.15) is 0 Å². The lowest BCUT2D eigenvalue weighted by molar-refractivity contribution is -0.145. The summed E-state index contributed by atoms with van der Waals surface area (Å²) in [5.74, 6) is -0.362. The standard InChI is InChI=1S/C37H72O4.C6H14N2O2/c1-3-5-7-9-11-13-15-17-19-21-23-25-27-29-34-40-36(38)32-31-33-37(39)41-35-30-28-26-24-22-20-18-16-14-12-10-8-6-4-2;1-7(2)4-5-8(3)6(9)10/h3-35H2,1-2H3;4-5H2,1-3H3,(H,9,10). The van der Waals surface area contributed by atoms with Crippen LogP contribution in [0.1, 0.15) is 213 Å². The van der Waals surface area contributed by atoms with Gasteiger partial charge in [-0.25, -0.2) is 4.79 Å². The summed E-state index contributed by atoms with van der Waals surface area (Å²) in [6.45, 7) is 6.90. The Kier molecular flexibility index (Phi) is 42.8. The summed E-state index contributed by atoms with van der Waals surface area (Å²) in [5, 5.41) is 8.40. The number of ether oxygens (including phenoxy) is 2.